The van der Waals surface area contributed by atoms with Gasteiger partial charge in [-0.1, -0.05) is 41.4 Å². The van der Waals surface area contributed by atoms with Crippen molar-refractivity contribution in [2.24, 2.45) is 0 Å². The minimum absolute atomic E-state index is 0.0229. The van der Waals surface area contributed by atoms with E-state index in [-0.39, 0.29) is 44.9 Å². The molecular weight excluding hydrogens is 544 g/mol. The lowest BCUT2D eigenvalue weighted by molar-refractivity contribution is 0.0944. The predicted octanol–water partition coefficient (Wildman–Crippen LogP) is 5.35. The quantitative estimate of drug-likeness (QED) is 0.276. The van der Waals surface area contributed by atoms with E-state index in [2.05, 4.69) is 30.7 Å². The van der Waals surface area contributed by atoms with E-state index in [1.165, 1.54) is 47.5 Å². The number of benzene rings is 2. The molecule has 2 amide bonds. The van der Waals surface area contributed by atoms with Crippen LogP contribution in [0.2, 0.25) is 10.0 Å². The molecule has 0 saturated heterocycles. The first-order chi connectivity index (χ1) is 18.9. The molecule has 194 valence electrons. The van der Waals surface area contributed by atoms with Crippen LogP contribution in [0.5, 0.6) is 0 Å². The third-order valence-corrected chi connectivity index (χ3v) is 6.19. The molecule has 3 aromatic heterocycles. The molecule has 0 aliphatic rings. The van der Waals surface area contributed by atoms with Crippen LogP contribution in [0.3, 0.4) is 0 Å². The largest absolute Gasteiger partial charge is 0.346 e. The Morgan fingerprint density at radius 3 is 2.44 bits per heavy atom. The summed E-state index contributed by atoms with van der Waals surface area (Å²) in [6.45, 7) is 0.187. The number of anilines is 1. The van der Waals surface area contributed by atoms with Crippen molar-refractivity contribution in [3.63, 3.8) is 0 Å². The van der Waals surface area contributed by atoms with E-state index in [1.807, 2.05) is 6.07 Å². The van der Waals surface area contributed by atoms with Crippen LogP contribution in [-0.2, 0) is 6.54 Å². The van der Waals surface area contributed by atoms with Gasteiger partial charge in [0.1, 0.15) is 23.7 Å². The number of nitrogens with zero attached hydrogens (tertiary/aromatic N) is 5. The lowest BCUT2D eigenvalue weighted by atomic mass is 10.1. The number of carbonyl (C=O) groups excluding carboxylic acids is 2. The molecule has 5 aromatic rings. The van der Waals surface area contributed by atoms with Gasteiger partial charge in [0.25, 0.3) is 11.8 Å². The number of aromatic nitrogens is 5. The molecule has 0 bridgehead atoms. The Morgan fingerprint density at radius 2 is 1.69 bits per heavy atom. The number of para-hydroxylation sites is 1. The molecule has 0 spiro atoms. The van der Waals surface area contributed by atoms with Gasteiger partial charge < -0.3 is 10.6 Å². The molecule has 9 nitrogen and oxygen atoms in total. The SMILES string of the molecule is O=C(NCc1cncnc1)c1cc(NC(=O)c2cc(-c3ncccc3F)c(Cl)cc2Cl)n(-c2ccccc2)n1. The summed E-state index contributed by atoms with van der Waals surface area (Å²) < 4.78 is 15.8. The van der Waals surface area contributed by atoms with Gasteiger partial charge in [0.15, 0.2) is 5.69 Å². The van der Waals surface area contributed by atoms with Crippen molar-refractivity contribution in [2.75, 3.05) is 5.32 Å². The molecule has 0 aliphatic heterocycles. The smallest absolute Gasteiger partial charge is 0.272 e. The summed E-state index contributed by atoms with van der Waals surface area (Å²) in [5.74, 6) is -1.50. The first-order valence-electron chi connectivity index (χ1n) is 11.5. The maximum atomic E-state index is 14.4. The third-order valence-electron chi connectivity index (χ3n) is 5.57. The Balaban J connectivity index is 1.46. The Morgan fingerprint density at radius 1 is 0.923 bits per heavy atom. The molecule has 5 rings (SSSR count). The zero-order chi connectivity index (χ0) is 27.4. The van der Waals surface area contributed by atoms with Gasteiger partial charge in [-0.2, -0.15) is 5.10 Å². The normalized spacial score (nSPS) is 10.7. The summed E-state index contributed by atoms with van der Waals surface area (Å²) in [5, 5.41) is 10.1. The van der Waals surface area contributed by atoms with Crippen molar-refractivity contribution in [3.05, 3.63) is 118 Å². The minimum Gasteiger partial charge on any atom is -0.346 e. The van der Waals surface area contributed by atoms with Gasteiger partial charge in [0, 0.05) is 42.3 Å². The highest BCUT2D eigenvalue weighted by atomic mass is 35.5. The Kier molecular flexibility index (Phi) is 7.57. The van der Waals surface area contributed by atoms with Crippen LogP contribution in [0.1, 0.15) is 26.4 Å². The second-order valence-corrected chi connectivity index (χ2v) is 9.01. The third kappa shape index (κ3) is 5.77. The van der Waals surface area contributed by atoms with Crippen LogP contribution in [0.25, 0.3) is 16.9 Å². The van der Waals surface area contributed by atoms with Crippen molar-refractivity contribution in [2.45, 2.75) is 6.54 Å². The maximum absolute atomic E-state index is 14.4. The Hall–Kier alpha value is -4.67. The first-order valence-corrected chi connectivity index (χ1v) is 12.2. The van der Waals surface area contributed by atoms with E-state index in [0.717, 1.165) is 0 Å². The summed E-state index contributed by atoms with van der Waals surface area (Å²) in [4.78, 5) is 38.1. The molecule has 0 fully saturated rings. The second-order valence-electron chi connectivity index (χ2n) is 8.19. The highest BCUT2D eigenvalue weighted by molar-refractivity contribution is 6.38. The lowest BCUT2D eigenvalue weighted by Crippen LogP contribution is -2.23. The molecule has 3 heterocycles. The number of hydrogen-bond acceptors (Lipinski definition) is 6. The summed E-state index contributed by atoms with van der Waals surface area (Å²) in [6, 6.07) is 15.8. The minimum atomic E-state index is -0.625. The summed E-state index contributed by atoms with van der Waals surface area (Å²) in [5.41, 5.74) is 1.57. The number of pyridine rings is 1. The molecule has 0 atom stereocenters. The number of carbonyl (C=O) groups is 2. The summed E-state index contributed by atoms with van der Waals surface area (Å²) >= 11 is 12.6. The average molecular weight is 562 g/mol. The Labute approximate surface area is 231 Å². The predicted molar refractivity (Wildman–Crippen MR) is 144 cm³/mol. The Bertz CT molecular complexity index is 1660. The topological polar surface area (TPSA) is 115 Å². The van der Waals surface area contributed by atoms with Crippen molar-refractivity contribution in [3.8, 4) is 16.9 Å². The van der Waals surface area contributed by atoms with Crippen molar-refractivity contribution >= 4 is 40.8 Å². The first kappa shape index (κ1) is 26.0. The fourth-order valence-corrected chi connectivity index (χ4v) is 4.27. The molecule has 2 aromatic carbocycles. The van der Waals surface area contributed by atoms with Crippen LogP contribution in [0.4, 0.5) is 10.2 Å². The van der Waals surface area contributed by atoms with Gasteiger partial charge in [0.2, 0.25) is 0 Å². The number of rotatable bonds is 7. The van der Waals surface area contributed by atoms with E-state index < -0.39 is 17.6 Å². The molecule has 0 unspecified atom stereocenters. The van der Waals surface area contributed by atoms with E-state index in [1.54, 1.807) is 36.7 Å². The molecule has 0 aliphatic carbocycles. The standard InChI is InChI=1S/C27H18Cl2FN7O2/c28-20-10-21(29)19(9-18(20)25-22(30)7-4-8-33-25)26(38)35-24-11-23(36-37(24)17-5-2-1-3-6-17)27(39)34-14-16-12-31-15-32-13-16/h1-13,15H,14H2,(H,34,39)(H,35,38). The summed E-state index contributed by atoms with van der Waals surface area (Å²) in [6.07, 6.45) is 5.98. The number of halogens is 3. The van der Waals surface area contributed by atoms with E-state index in [4.69, 9.17) is 23.2 Å². The fraction of sp³-hybridized carbons (Fsp3) is 0.0370. The van der Waals surface area contributed by atoms with Gasteiger partial charge in [-0.25, -0.2) is 19.0 Å². The number of amides is 2. The van der Waals surface area contributed by atoms with Crippen LogP contribution in [-0.4, -0.2) is 36.5 Å². The van der Waals surface area contributed by atoms with Gasteiger partial charge in [-0.05, 0) is 36.4 Å². The second kappa shape index (κ2) is 11.4. The average Bonchev–Trinajstić information content (AvgIpc) is 3.37. The van der Waals surface area contributed by atoms with E-state index >= 15 is 0 Å². The summed E-state index contributed by atoms with van der Waals surface area (Å²) in [7, 11) is 0. The van der Waals surface area contributed by atoms with Crippen molar-refractivity contribution < 1.29 is 14.0 Å². The maximum Gasteiger partial charge on any atom is 0.272 e. The molecule has 2 N–H and O–H groups in total. The molecular formula is C27H18Cl2FN7O2. The molecule has 39 heavy (non-hydrogen) atoms. The van der Waals surface area contributed by atoms with E-state index in [0.29, 0.717) is 11.3 Å². The molecule has 12 heteroatoms. The fourth-order valence-electron chi connectivity index (χ4n) is 3.71. The number of hydrogen-bond donors (Lipinski definition) is 2. The lowest BCUT2D eigenvalue weighted by Gasteiger charge is -2.12. The van der Waals surface area contributed by atoms with Gasteiger partial charge in [-0.3, -0.25) is 14.6 Å². The monoisotopic (exact) mass is 561 g/mol. The van der Waals surface area contributed by atoms with Gasteiger partial charge >= 0.3 is 0 Å². The van der Waals surface area contributed by atoms with Crippen LogP contribution < -0.4 is 10.6 Å². The molecule has 0 saturated carbocycles. The van der Waals surface area contributed by atoms with Crippen LogP contribution >= 0.6 is 23.2 Å². The van der Waals surface area contributed by atoms with Gasteiger partial charge in [0.05, 0.1) is 21.3 Å². The van der Waals surface area contributed by atoms with Crippen LogP contribution in [0, 0.1) is 5.82 Å². The van der Waals surface area contributed by atoms with Crippen molar-refractivity contribution in [1.82, 2.24) is 30.0 Å². The highest BCUT2D eigenvalue weighted by Gasteiger charge is 2.21. The van der Waals surface area contributed by atoms with E-state index in [9.17, 15) is 14.0 Å². The number of nitrogens with one attached hydrogen (secondary N) is 2. The zero-order valence-corrected chi connectivity index (χ0v) is 21.5. The van der Waals surface area contributed by atoms with Crippen LogP contribution in [0.15, 0.2) is 85.6 Å². The molecule has 0 radical (unpaired) electrons. The van der Waals surface area contributed by atoms with Crippen molar-refractivity contribution in [1.29, 1.82) is 0 Å². The van der Waals surface area contributed by atoms with Gasteiger partial charge in [-0.15, -0.1) is 0 Å². The highest BCUT2D eigenvalue weighted by Crippen LogP contribution is 2.33. The zero-order valence-electron chi connectivity index (χ0n) is 20.0.